The van der Waals surface area contributed by atoms with Crippen LogP contribution in [-0.4, -0.2) is 30.1 Å². The summed E-state index contributed by atoms with van der Waals surface area (Å²) in [6.45, 7) is 4.06. The van der Waals surface area contributed by atoms with Gasteiger partial charge in [-0.2, -0.15) is 5.10 Å². The van der Waals surface area contributed by atoms with Crippen LogP contribution in [0.15, 0.2) is 41.4 Å². The number of hydrogen-bond acceptors (Lipinski definition) is 4. The summed E-state index contributed by atoms with van der Waals surface area (Å²) in [6, 6.07) is 7.98. The summed E-state index contributed by atoms with van der Waals surface area (Å²) < 4.78 is 29.7. The Hall–Kier alpha value is -2.19. The molecule has 0 aliphatic heterocycles. The van der Waals surface area contributed by atoms with Crippen molar-refractivity contribution in [3.8, 4) is 0 Å². The van der Waals surface area contributed by atoms with Gasteiger partial charge in [0, 0.05) is 17.7 Å². The molecule has 0 radical (unpaired) electrons. The number of carbonyl (C=O) groups is 1. The van der Waals surface area contributed by atoms with Crippen LogP contribution in [0.4, 0.5) is 5.82 Å². The Labute approximate surface area is 160 Å². The minimum absolute atomic E-state index is 0.0163. The van der Waals surface area contributed by atoms with E-state index in [1.807, 2.05) is 13.8 Å². The SMILES string of the molecule is CCC(C)n1nccc1NC(=O)c1cccc(S(=O)(=O)NC2CCCC2)c1. The van der Waals surface area contributed by atoms with Crippen molar-refractivity contribution >= 4 is 21.7 Å². The van der Waals surface area contributed by atoms with Crippen LogP contribution in [0.5, 0.6) is 0 Å². The van der Waals surface area contributed by atoms with E-state index in [1.54, 1.807) is 29.1 Å². The highest BCUT2D eigenvalue weighted by Gasteiger charge is 2.23. The Bertz CT molecular complexity index is 901. The molecule has 1 aliphatic rings. The number of hydrogen-bond donors (Lipinski definition) is 2. The van der Waals surface area contributed by atoms with E-state index in [9.17, 15) is 13.2 Å². The normalized spacial score (nSPS) is 16.4. The van der Waals surface area contributed by atoms with Gasteiger partial charge in [-0.15, -0.1) is 0 Å². The summed E-state index contributed by atoms with van der Waals surface area (Å²) in [6.07, 6.45) is 6.32. The summed E-state index contributed by atoms with van der Waals surface area (Å²) in [5.74, 6) is 0.227. The van der Waals surface area contributed by atoms with Gasteiger partial charge in [0.1, 0.15) is 5.82 Å². The molecule has 1 heterocycles. The Morgan fingerprint density at radius 2 is 2.04 bits per heavy atom. The van der Waals surface area contributed by atoms with Crippen LogP contribution in [0, 0.1) is 0 Å². The zero-order valence-electron chi connectivity index (χ0n) is 15.7. The molecule has 2 N–H and O–H groups in total. The molecule has 7 nitrogen and oxygen atoms in total. The van der Waals surface area contributed by atoms with Gasteiger partial charge in [0.15, 0.2) is 0 Å². The number of nitrogens with zero attached hydrogens (tertiary/aromatic N) is 2. The van der Waals surface area contributed by atoms with Gasteiger partial charge in [-0.05, 0) is 44.4 Å². The second kappa shape index (κ2) is 8.22. The largest absolute Gasteiger partial charge is 0.307 e. The Morgan fingerprint density at radius 3 is 2.74 bits per heavy atom. The maximum absolute atomic E-state index is 12.6. The third-order valence-corrected chi connectivity index (χ3v) is 6.52. The second-order valence-corrected chi connectivity index (χ2v) is 8.72. The quantitative estimate of drug-likeness (QED) is 0.758. The Kier molecular flexibility index (Phi) is 5.96. The first-order valence-corrected chi connectivity index (χ1v) is 10.9. The van der Waals surface area contributed by atoms with E-state index < -0.39 is 10.0 Å². The number of sulfonamides is 1. The molecule has 2 aromatic rings. The lowest BCUT2D eigenvalue weighted by Crippen LogP contribution is -2.32. The van der Waals surface area contributed by atoms with Crippen LogP contribution in [0.2, 0.25) is 0 Å². The lowest BCUT2D eigenvalue weighted by atomic mass is 10.2. The van der Waals surface area contributed by atoms with Gasteiger partial charge < -0.3 is 5.32 Å². The van der Waals surface area contributed by atoms with E-state index in [1.165, 1.54) is 12.1 Å². The number of anilines is 1. The Balaban J connectivity index is 1.77. The smallest absolute Gasteiger partial charge is 0.256 e. The van der Waals surface area contributed by atoms with Crippen LogP contribution in [-0.2, 0) is 10.0 Å². The number of amides is 1. The predicted molar refractivity (Wildman–Crippen MR) is 104 cm³/mol. The van der Waals surface area contributed by atoms with Crippen molar-refractivity contribution in [1.82, 2.24) is 14.5 Å². The van der Waals surface area contributed by atoms with Gasteiger partial charge in [0.05, 0.1) is 17.1 Å². The van der Waals surface area contributed by atoms with E-state index in [4.69, 9.17) is 0 Å². The maximum atomic E-state index is 12.6. The van der Waals surface area contributed by atoms with Crippen molar-refractivity contribution in [1.29, 1.82) is 0 Å². The molecule has 1 amide bonds. The monoisotopic (exact) mass is 390 g/mol. The molecule has 8 heteroatoms. The molecule has 1 atom stereocenters. The van der Waals surface area contributed by atoms with Crippen molar-refractivity contribution in [2.75, 3.05) is 5.32 Å². The molecule has 1 saturated carbocycles. The first kappa shape index (κ1) is 19.6. The van der Waals surface area contributed by atoms with Crippen LogP contribution in [0.3, 0.4) is 0 Å². The lowest BCUT2D eigenvalue weighted by Gasteiger charge is -2.15. The van der Waals surface area contributed by atoms with E-state index in [0.29, 0.717) is 11.4 Å². The van der Waals surface area contributed by atoms with Crippen LogP contribution < -0.4 is 10.0 Å². The zero-order chi connectivity index (χ0) is 19.4. The average Bonchev–Trinajstić information content (AvgIpc) is 3.32. The summed E-state index contributed by atoms with van der Waals surface area (Å²) >= 11 is 0. The zero-order valence-corrected chi connectivity index (χ0v) is 16.5. The standard InChI is InChI=1S/C19H26N4O3S/c1-3-14(2)23-18(11-12-20-23)21-19(24)15-7-6-10-17(13-15)27(25,26)22-16-8-4-5-9-16/h6-7,10-14,16,22H,3-5,8-9H2,1-2H3,(H,21,24). The van der Waals surface area contributed by atoms with Gasteiger partial charge in [0.2, 0.25) is 10.0 Å². The summed E-state index contributed by atoms with van der Waals surface area (Å²) in [5.41, 5.74) is 0.293. The van der Waals surface area contributed by atoms with Crippen LogP contribution >= 0.6 is 0 Å². The van der Waals surface area contributed by atoms with Gasteiger partial charge in [0.25, 0.3) is 5.91 Å². The van der Waals surface area contributed by atoms with Crippen LogP contribution in [0.1, 0.15) is 62.4 Å². The van der Waals surface area contributed by atoms with E-state index in [-0.39, 0.29) is 22.9 Å². The van der Waals surface area contributed by atoms with Crippen molar-refractivity contribution in [2.45, 2.75) is 62.9 Å². The van der Waals surface area contributed by atoms with Gasteiger partial charge in [-0.3, -0.25) is 4.79 Å². The molecular formula is C19H26N4O3S. The number of carbonyl (C=O) groups excluding carboxylic acids is 1. The number of benzene rings is 1. The van der Waals surface area contributed by atoms with Gasteiger partial charge in [-0.25, -0.2) is 17.8 Å². The maximum Gasteiger partial charge on any atom is 0.256 e. The van der Waals surface area contributed by atoms with Crippen molar-refractivity contribution in [3.05, 3.63) is 42.1 Å². The highest BCUT2D eigenvalue weighted by atomic mass is 32.2. The fourth-order valence-corrected chi connectivity index (χ4v) is 4.61. The molecule has 1 aromatic carbocycles. The number of aromatic nitrogens is 2. The summed E-state index contributed by atoms with van der Waals surface area (Å²) in [7, 11) is -3.63. The molecule has 1 aromatic heterocycles. The third kappa shape index (κ3) is 4.56. The van der Waals surface area contributed by atoms with Crippen molar-refractivity contribution in [3.63, 3.8) is 0 Å². The average molecular weight is 391 g/mol. The van der Waals surface area contributed by atoms with E-state index in [2.05, 4.69) is 15.1 Å². The molecule has 0 bridgehead atoms. The fourth-order valence-electron chi connectivity index (χ4n) is 3.26. The highest BCUT2D eigenvalue weighted by molar-refractivity contribution is 7.89. The van der Waals surface area contributed by atoms with E-state index >= 15 is 0 Å². The predicted octanol–water partition coefficient (Wildman–Crippen LogP) is 3.33. The number of rotatable bonds is 7. The summed E-state index contributed by atoms with van der Waals surface area (Å²) in [5, 5.41) is 7.06. The minimum Gasteiger partial charge on any atom is -0.307 e. The van der Waals surface area contributed by atoms with Gasteiger partial charge in [-0.1, -0.05) is 25.8 Å². The van der Waals surface area contributed by atoms with E-state index in [0.717, 1.165) is 32.1 Å². The molecule has 1 unspecified atom stereocenters. The topological polar surface area (TPSA) is 93.1 Å². The minimum atomic E-state index is -3.63. The molecule has 146 valence electrons. The summed E-state index contributed by atoms with van der Waals surface area (Å²) in [4.78, 5) is 12.7. The first-order valence-electron chi connectivity index (χ1n) is 9.38. The Morgan fingerprint density at radius 1 is 1.30 bits per heavy atom. The molecule has 0 spiro atoms. The molecule has 1 aliphatic carbocycles. The van der Waals surface area contributed by atoms with Crippen LogP contribution in [0.25, 0.3) is 0 Å². The molecule has 27 heavy (non-hydrogen) atoms. The molecule has 0 saturated heterocycles. The molecule has 3 rings (SSSR count). The number of nitrogens with one attached hydrogen (secondary N) is 2. The van der Waals surface area contributed by atoms with Gasteiger partial charge >= 0.3 is 0 Å². The molecular weight excluding hydrogens is 364 g/mol. The third-order valence-electron chi connectivity index (χ3n) is 5.00. The first-order chi connectivity index (χ1) is 12.9. The highest BCUT2D eigenvalue weighted by Crippen LogP contribution is 2.21. The lowest BCUT2D eigenvalue weighted by molar-refractivity contribution is 0.102. The van der Waals surface area contributed by atoms with Crippen molar-refractivity contribution in [2.24, 2.45) is 0 Å². The fraction of sp³-hybridized carbons (Fsp3) is 0.474. The second-order valence-electron chi connectivity index (χ2n) is 7.00. The molecule has 1 fully saturated rings. The van der Waals surface area contributed by atoms with Crippen molar-refractivity contribution < 1.29 is 13.2 Å².